The third-order valence-corrected chi connectivity index (χ3v) is 5.00. The molecule has 1 amide bonds. The van der Waals surface area contributed by atoms with Crippen molar-refractivity contribution in [1.29, 1.82) is 0 Å². The molecule has 2 unspecified atom stereocenters. The fourth-order valence-electron chi connectivity index (χ4n) is 3.60. The minimum absolute atomic E-state index is 0.0579. The molecule has 2 atom stereocenters. The molecule has 2 aromatic heterocycles. The van der Waals surface area contributed by atoms with Crippen molar-refractivity contribution in [2.24, 2.45) is 0 Å². The number of hydrogen-bond acceptors (Lipinski definition) is 8. The number of carbonyl (C=O) groups is 1. The van der Waals surface area contributed by atoms with E-state index in [9.17, 15) is 4.79 Å². The van der Waals surface area contributed by atoms with Crippen molar-refractivity contribution in [3.05, 3.63) is 30.5 Å². The van der Waals surface area contributed by atoms with Gasteiger partial charge in [0.1, 0.15) is 11.4 Å². The highest BCUT2D eigenvalue weighted by molar-refractivity contribution is 5.72. The van der Waals surface area contributed by atoms with Crippen LogP contribution in [0.2, 0.25) is 0 Å². The van der Waals surface area contributed by atoms with Crippen LogP contribution in [0.1, 0.15) is 40.0 Å². The van der Waals surface area contributed by atoms with Gasteiger partial charge in [0.2, 0.25) is 5.95 Å². The Labute approximate surface area is 180 Å². The molecular formula is C21H27N7O3. The first-order chi connectivity index (χ1) is 14.8. The molecule has 1 aliphatic carbocycles. The lowest BCUT2D eigenvalue weighted by molar-refractivity contribution is 0.0505. The van der Waals surface area contributed by atoms with Crippen molar-refractivity contribution in [3.8, 4) is 11.4 Å². The predicted molar refractivity (Wildman–Crippen MR) is 115 cm³/mol. The number of anilines is 1. The Hall–Kier alpha value is -3.43. The number of nitrogens with zero attached hydrogens (tertiary/aromatic N) is 5. The molecule has 164 valence electrons. The van der Waals surface area contributed by atoms with Gasteiger partial charge in [0.15, 0.2) is 11.2 Å². The van der Waals surface area contributed by atoms with Gasteiger partial charge in [0, 0.05) is 12.1 Å². The first kappa shape index (κ1) is 20.8. The minimum Gasteiger partial charge on any atom is -0.497 e. The summed E-state index contributed by atoms with van der Waals surface area (Å²) < 4.78 is 12.2. The largest absolute Gasteiger partial charge is 0.497 e. The summed E-state index contributed by atoms with van der Waals surface area (Å²) in [5, 5.41) is 14.7. The van der Waals surface area contributed by atoms with Crippen molar-refractivity contribution < 1.29 is 14.3 Å². The molecule has 2 N–H and O–H groups in total. The molecule has 1 aliphatic rings. The van der Waals surface area contributed by atoms with Gasteiger partial charge in [-0.2, -0.15) is 9.67 Å². The Morgan fingerprint density at radius 3 is 2.61 bits per heavy atom. The fraction of sp³-hybridized carbons (Fsp3) is 0.476. The lowest BCUT2D eigenvalue weighted by Crippen LogP contribution is -2.38. The third-order valence-electron chi connectivity index (χ3n) is 5.00. The zero-order valence-electron chi connectivity index (χ0n) is 18.1. The zero-order valence-corrected chi connectivity index (χ0v) is 18.1. The second-order valence-corrected chi connectivity index (χ2v) is 8.60. The Morgan fingerprint density at radius 2 is 1.90 bits per heavy atom. The lowest BCUT2D eigenvalue weighted by atomic mass is 10.2. The number of hydrogen-bond donors (Lipinski definition) is 2. The molecule has 10 nitrogen and oxygen atoms in total. The zero-order chi connectivity index (χ0) is 22.0. The molecule has 0 aliphatic heterocycles. The maximum Gasteiger partial charge on any atom is 0.407 e. The summed E-state index contributed by atoms with van der Waals surface area (Å²) in [6.07, 6.45) is 3.81. The second kappa shape index (κ2) is 8.37. The van der Waals surface area contributed by atoms with Crippen molar-refractivity contribution in [1.82, 2.24) is 30.3 Å². The Kier molecular flexibility index (Phi) is 5.62. The topological polar surface area (TPSA) is 116 Å². The van der Waals surface area contributed by atoms with Crippen LogP contribution in [0.3, 0.4) is 0 Å². The quantitative estimate of drug-likeness (QED) is 0.641. The van der Waals surface area contributed by atoms with Crippen molar-refractivity contribution in [2.45, 2.75) is 57.7 Å². The van der Waals surface area contributed by atoms with Crippen molar-refractivity contribution >= 4 is 23.2 Å². The molecule has 31 heavy (non-hydrogen) atoms. The number of fused-ring (bicyclic) bond motifs is 1. The molecular weight excluding hydrogens is 398 g/mol. The molecule has 0 spiro atoms. The molecule has 0 radical (unpaired) electrons. The van der Waals surface area contributed by atoms with Gasteiger partial charge in [-0.3, -0.25) is 0 Å². The van der Waals surface area contributed by atoms with Crippen molar-refractivity contribution in [3.63, 3.8) is 0 Å². The first-order valence-electron chi connectivity index (χ1n) is 10.3. The average molecular weight is 425 g/mol. The normalized spacial score (nSPS) is 18.7. The van der Waals surface area contributed by atoms with E-state index in [1.807, 2.05) is 45.0 Å². The maximum atomic E-state index is 12.0. The molecule has 4 rings (SSSR count). The van der Waals surface area contributed by atoms with Gasteiger partial charge in [0.25, 0.3) is 0 Å². The van der Waals surface area contributed by atoms with Crippen LogP contribution in [-0.2, 0) is 4.74 Å². The van der Waals surface area contributed by atoms with E-state index in [0.29, 0.717) is 17.1 Å². The van der Waals surface area contributed by atoms with Crippen LogP contribution >= 0.6 is 0 Å². The van der Waals surface area contributed by atoms with Gasteiger partial charge in [-0.05, 0) is 64.3 Å². The van der Waals surface area contributed by atoms with E-state index in [4.69, 9.17) is 9.47 Å². The number of amides is 1. The number of carbonyl (C=O) groups excluding carboxylic acids is 1. The van der Waals surface area contributed by atoms with E-state index in [1.54, 1.807) is 18.0 Å². The highest BCUT2D eigenvalue weighted by atomic mass is 16.6. The molecule has 10 heteroatoms. The maximum absolute atomic E-state index is 12.0. The molecule has 3 aromatic rings. The summed E-state index contributed by atoms with van der Waals surface area (Å²) in [7, 11) is 1.63. The minimum atomic E-state index is -0.509. The van der Waals surface area contributed by atoms with Gasteiger partial charge in [-0.1, -0.05) is 5.21 Å². The van der Waals surface area contributed by atoms with Crippen molar-refractivity contribution in [2.75, 3.05) is 12.4 Å². The third kappa shape index (κ3) is 5.01. The van der Waals surface area contributed by atoms with E-state index >= 15 is 0 Å². The number of benzene rings is 1. The van der Waals surface area contributed by atoms with Gasteiger partial charge >= 0.3 is 6.09 Å². The Balaban J connectivity index is 1.43. The van der Waals surface area contributed by atoms with E-state index in [1.165, 1.54) is 0 Å². The molecule has 1 aromatic carbocycles. The van der Waals surface area contributed by atoms with E-state index in [-0.39, 0.29) is 18.2 Å². The highest BCUT2D eigenvalue weighted by Gasteiger charge is 2.28. The molecule has 0 bridgehead atoms. The van der Waals surface area contributed by atoms with Crippen LogP contribution in [0, 0.1) is 0 Å². The first-order valence-corrected chi connectivity index (χ1v) is 10.3. The summed E-state index contributed by atoms with van der Waals surface area (Å²) >= 11 is 0. The van der Waals surface area contributed by atoms with E-state index < -0.39 is 5.60 Å². The summed E-state index contributed by atoms with van der Waals surface area (Å²) in [5.74, 6) is 1.27. The van der Waals surface area contributed by atoms with Gasteiger partial charge in [0.05, 0.1) is 19.0 Å². The standard InChI is InChI=1S/C21H27N7O3/c1-21(2,3)31-20(29)24-14-6-5-13(11-14)23-19-22-12-17-18(25-19)28(27-26-17)15-7-9-16(30-4)10-8-15/h7-10,12-14H,5-6,11H2,1-4H3,(H,24,29)(H,22,23,25). The van der Waals surface area contributed by atoms with Gasteiger partial charge in [-0.25, -0.2) is 9.78 Å². The summed E-state index contributed by atoms with van der Waals surface area (Å²) in [5.41, 5.74) is 1.54. The predicted octanol–water partition coefficient (Wildman–Crippen LogP) is 3.08. The Bertz CT molecular complexity index is 1060. The number of alkyl carbamates (subject to hydrolysis) is 1. The lowest BCUT2D eigenvalue weighted by Gasteiger charge is -2.21. The SMILES string of the molecule is COc1ccc(-n2nnc3cnc(NC4CCC(NC(=O)OC(C)(C)C)C4)nc32)cc1. The number of nitrogens with one attached hydrogen (secondary N) is 2. The van der Waals surface area contributed by atoms with Crippen LogP contribution in [0.4, 0.5) is 10.7 Å². The Morgan fingerprint density at radius 1 is 1.16 bits per heavy atom. The molecule has 1 saturated carbocycles. The van der Waals surface area contributed by atoms with Gasteiger partial charge < -0.3 is 20.1 Å². The van der Waals surface area contributed by atoms with Crippen LogP contribution in [0.15, 0.2) is 30.5 Å². The number of methoxy groups -OCH3 is 1. The molecule has 1 fully saturated rings. The van der Waals surface area contributed by atoms with Crippen LogP contribution < -0.4 is 15.4 Å². The summed E-state index contributed by atoms with van der Waals surface area (Å²) in [6.45, 7) is 5.56. The van der Waals surface area contributed by atoms with E-state index in [0.717, 1.165) is 30.7 Å². The summed E-state index contributed by atoms with van der Waals surface area (Å²) in [6, 6.07) is 7.72. The fourth-order valence-corrected chi connectivity index (χ4v) is 3.60. The molecule has 2 heterocycles. The van der Waals surface area contributed by atoms with Gasteiger partial charge in [-0.15, -0.1) is 5.10 Å². The number of rotatable bonds is 5. The smallest absolute Gasteiger partial charge is 0.407 e. The highest BCUT2D eigenvalue weighted by Crippen LogP contribution is 2.24. The van der Waals surface area contributed by atoms with Crippen LogP contribution in [0.25, 0.3) is 16.9 Å². The van der Waals surface area contributed by atoms with Crippen LogP contribution in [-0.4, -0.2) is 55.8 Å². The molecule has 0 saturated heterocycles. The number of aromatic nitrogens is 5. The number of ether oxygens (including phenoxy) is 2. The van der Waals surface area contributed by atoms with Crippen LogP contribution in [0.5, 0.6) is 5.75 Å². The monoisotopic (exact) mass is 425 g/mol. The van der Waals surface area contributed by atoms with E-state index in [2.05, 4.69) is 30.9 Å². The second-order valence-electron chi connectivity index (χ2n) is 8.60. The summed E-state index contributed by atoms with van der Waals surface area (Å²) in [4.78, 5) is 21.0. The average Bonchev–Trinajstić information content (AvgIpc) is 3.33.